The van der Waals surface area contributed by atoms with Crippen molar-refractivity contribution < 1.29 is 14.3 Å². The lowest BCUT2D eigenvalue weighted by Crippen LogP contribution is -2.26. The number of aldehydes is 1. The average Bonchev–Trinajstić information content (AvgIpc) is 2.36. The topological polar surface area (TPSA) is 43.4 Å². The summed E-state index contributed by atoms with van der Waals surface area (Å²) in [7, 11) is 1.40. The molecule has 0 saturated heterocycles. The zero-order valence-corrected chi connectivity index (χ0v) is 11.4. The summed E-state index contributed by atoms with van der Waals surface area (Å²) < 4.78 is 4.80. The summed E-state index contributed by atoms with van der Waals surface area (Å²) in [6, 6.07) is 0. The van der Waals surface area contributed by atoms with Crippen LogP contribution < -0.4 is 0 Å². The lowest BCUT2D eigenvalue weighted by molar-refractivity contribution is -0.149. The molecule has 0 rings (SSSR count). The van der Waals surface area contributed by atoms with Gasteiger partial charge >= 0.3 is 5.97 Å². The average molecular weight is 242 g/mol. The van der Waals surface area contributed by atoms with Crippen molar-refractivity contribution in [3.63, 3.8) is 0 Å². The number of hydrogen-bond donors (Lipinski definition) is 0. The quantitative estimate of drug-likeness (QED) is 0.335. The number of ether oxygens (including phenoxy) is 1. The van der Waals surface area contributed by atoms with E-state index in [4.69, 9.17) is 4.74 Å². The van der Waals surface area contributed by atoms with Crippen molar-refractivity contribution in [2.45, 2.75) is 58.8 Å². The second-order valence-electron chi connectivity index (χ2n) is 4.57. The fourth-order valence-corrected chi connectivity index (χ4v) is 2.08. The van der Waals surface area contributed by atoms with Crippen LogP contribution in [0.1, 0.15) is 58.8 Å². The molecule has 0 bridgehead atoms. The number of carbonyl (C=O) groups is 2. The van der Waals surface area contributed by atoms with Crippen LogP contribution in [0.25, 0.3) is 0 Å². The van der Waals surface area contributed by atoms with Gasteiger partial charge in [0, 0.05) is 5.92 Å². The summed E-state index contributed by atoms with van der Waals surface area (Å²) in [5.41, 5.74) is 0. The van der Waals surface area contributed by atoms with E-state index in [-0.39, 0.29) is 17.8 Å². The smallest absolute Gasteiger partial charge is 0.309 e. The molecule has 0 heterocycles. The Balaban J connectivity index is 4.37. The van der Waals surface area contributed by atoms with Crippen LogP contribution in [0, 0.1) is 11.8 Å². The molecule has 0 aromatic rings. The number of rotatable bonds is 10. The molecule has 0 radical (unpaired) electrons. The van der Waals surface area contributed by atoms with Crippen molar-refractivity contribution >= 4 is 12.3 Å². The maximum atomic E-state index is 11.7. The van der Waals surface area contributed by atoms with Crippen molar-refractivity contribution in [3.05, 3.63) is 0 Å². The van der Waals surface area contributed by atoms with E-state index in [0.29, 0.717) is 0 Å². The minimum atomic E-state index is -0.241. The Labute approximate surface area is 105 Å². The first-order valence-corrected chi connectivity index (χ1v) is 6.74. The van der Waals surface area contributed by atoms with Gasteiger partial charge in [-0.3, -0.25) is 4.79 Å². The molecule has 2 unspecified atom stereocenters. The van der Waals surface area contributed by atoms with E-state index in [1.165, 1.54) is 7.11 Å². The monoisotopic (exact) mass is 242 g/mol. The number of carbonyl (C=O) groups excluding carboxylic acids is 2. The normalized spacial score (nSPS) is 14.1. The van der Waals surface area contributed by atoms with E-state index < -0.39 is 0 Å². The third-order valence-electron chi connectivity index (χ3n) is 3.21. The summed E-state index contributed by atoms with van der Waals surface area (Å²) in [4.78, 5) is 22.8. The van der Waals surface area contributed by atoms with Crippen LogP contribution in [0.4, 0.5) is 0 Å². The van der Waals surface area contributed by atoms with Gasteiger partial charge in [-0.25, -0.2) is 0 Å². The molecule has 17 heavy (non-hydrogen) atoms. The van der Waals surface area contributed by atoms with E-state index in [0.717, 1.165) is 51.2 Å². The summed E-state index contributed by atoms with van der Waals surface area (Å²) >= 11 is 0. The second kappa shape index (κ2) is 10.3. The molecule has 0 N–H and O–H groups in total. The Kier molecular flexibility index (Phi) is 9.78. The van der Waals surface area contributed by atoms with Gasteiger partial charge in [-0.05, 0) is 12.8 Å². The molecule has 0 aliphatic rings. The fraction of sp³-hybridized carbons (Fsp3) is 0.857. The van der Waals surface area contributed by atoms with Gasteiger partial charge in [-0.1, -0.05) is 46.0 Å². The van der Waals surface area contributed by atoms with Gasteiger partial charge in [0.05, 0.1) is 13.0 Å². The highest BCUT2D eigenvalue weighted by atomic mass is 16.5. The zero-order chi connectivity index (χ0) is 13.1. The molecule has 2 atom stereocenters. The Bertz CT molecular complexity index is 214. The second-order valence-corrected chi connectivity index (χ2v) is 4.57. The van der Waals surface area contributed by atoms with Gasteiger partial charge in [0.1, 0.15) is 6.29 Å². The first-order valence-electron chi connectivity index (χ1n) is 6.74. The third-order valence-corrected chi connectivity index (χ3v) is 3.21. The molecule has 0 aliphatic carbocycles. The Hall–Kier alpha value is -0.860. The lowest BCUT2D eigenvalue weighted by atomic mass is 9.85. The maximum absolute atomic E-state index is 11.7. The van der Waals surface area contributed by atoms with Crippen molar-refractivity contribution in [2.75, 3.05) is 7.11 Å². The van der Waals surface area contributed by atoms with E-state index in [2.05, 4.69) is 13.8 Å². The maximum Gasteiger partial charge on any atom is 0.309 e. The summed E-state index contributed by atoms with van der Waals surface area (Å²) in [5, 5.41) is 0. The summed E-state index contributed by atoms with van der Waals surface area (Å²) in [5.74, 6) is -0.637. The van der Waals surface area contributed by atoms with Crippen LogP contribution >= 0.6 is 0 Å². The van der Waals surface area contributed by atoms with Gasteiger partial charge in [0.25, 0.3) is 0 Å². The highest BCUT2D eigenvalue weighted by Crippen LogP contribution is 2.24. The predicted molar refractivity (Wildman–Crippen MR) is 68.7 cm³/mol. The van der Waals surface area contributed by atoms with Crippen LogP contribution in [0.3, 0.4) is 0 Å². The third kappa shape index (κ3) is 6.44. The van der Waals surface area contributed by atoms with Gasteiger partial charge in [0.2, 0.25) is 0 Å². The molecular formula is C14H26O3. The highest BCUT2D eigenvalue weighted by molar-refractivity contribution is 5.76. The van der Waals surface area contributed by atoms with Crippen molar-refractivity contribution in [1.82, 2.24) is 0 Å². The van der Waals surface area contributed by atoms with Crippen LogP contribution in [-0.4, -0.2) is 19.4 Å². The Morgan fingerprint density at radius 3 is 2.24 bits per heavy atom. The van der Waals surface area contributed by atoms with Gasteiger partial charge in [-0.2, -0.15) is 0 Å². The standard InChI is InChI=1S/C14H26O3/c1-4-6-8-9-12(11-15)13(10-7-5-2)14(16)17-3/h11-13H,4-10H2,1-3H3. The minimum absolute atomic E-state index is 0.166. The molecule has 0 aromatic heterocycles. The SMILES string of the molecule is CCCCCC(C=O)C(CCCC)C(=O)OC. The largest absolute Gasteiger partial charge is 0.469 e. The molecule has 0 saturated carbocycles. The van der Waals surface area contributed by atoms with Gasteiger partial charge in [0.15, 0.2) is 0 Å². The predicted octanol–water partition coefficient (Wildman–Crippen LogP) is 3.36. The van der Waals surface area contributed by atoms with Crippen LogP contribution in [-0.2, 0) is 14.3 Å². The van der Waals surface area contributed by atoms with E-state index in [9.17, 15) is 9.59 Å². The lowest BCUT2D eigenvalue weighted by Gasteiger charge is -2.20. The molecule has 0 fully saturated rings. The molecular weight excluding hydrogens is 216 g/mol. The number of unbranched alkanes of at least 4 members (excludes halogenated alkanes) is 3. The summed E-state index contributed by atoms with van der Waals surface area (Å²) in [6.07, 6.45) is 7.77. The van der Waals surface area contributed by atoms with Gasteiger partial charge in [-0.15, -0.1) is 0 Å². The molecule has 0 amide bonds. The number of methoxy groups -OCH3 is 1. The highest BCUT2D eigenvalue weighted by Gasteiger charge is 2.27. The zero-order valence-electron chi connectivity index (χ0n) is 11.4. The molecule has 0 aliphatic heterocycles. The van der Waals surface area contributed by atoms with Crippen LogP contribution in [0.2, 0.25) is 0 Å². The first kappa shape index (κ1) is 16.1. The molecule has 0 aromatic carbocycles. The summed E-state index contributed by atoms with van der Waals surface area (Å²) in [6.45, 7) is 4.21. The van der Waals surface area contributed by atoms with Gasteiger partial charge < -0.3 is 9.53 Å². The minimum Gasteiger partial charge on any atom is -0.469 e. The number of hydrogen-bond acceptors (Lipinski definition) is 3. The van der Waals surface area contributed by atoms with Crippen molar-refractivity contribution in [3.8, 4) is 0 Å². The van der Waals surface area contributed by atoms with Crippen molar-refractivity contribution in [1.29, 1.82) is 0 Å². The Morgan fingerprint density at radius 1 is 1.12 bits per heavy atom. The van der Waals surface area contributed by atoms with Crippen LogP contribution in [0.15, 0.2) is 0 Å². The molecule has 0 spiro atoms. The fourth-order valence-electron chi connectivity index (χ4n) is 2.08. The Morgan fingerprint density at radius 2 is 1.76 bits per heavy atom. The number of esters is 1. The van der Waals surface area contributed by atoms with E-state index >= 15 is 0 Å². The van der Waals surface area contributed by atoms with Crippen molar-refractivity contribution in [2.24, 2.45) is 11.8 Å². The van der Waals surface area contributed by atoms with E-state index in [1.807, 2.05) is 0 Å². The molecule has 3 heteroatoms. The molecule has 3 nitrogen and oxygen atoms in total. The van der Waals surface area contributed by atoms with Crippen LogP contribution in [0.5, 0.6) is 0 Å². The first-order chi connectivity index (χ1) is 8.21. The van der Waals surface area contributed by atoms with E-state index in [1.54, 1.807) is 0 Å². The molecule has 100 valence electrons.